The maximum Gasteiger partial charge on any atom is 0.0771 e. The van der Waals surface area contributed by atoms with Gasteiger partial charge in [-0.2, -0.15) is 0 Å². The van der Waals surface area contributed by atoms with Crippen molar-refractivity contribution >= 4 is 5.69 Å². The van der Waals surface area contributed by atoms with Crippen LogP contribution in [0.25, 0.3) is 0 Å². The Morgan fingerprint density at radius 3 is 2.35 bits per heavy atom. The van der Waals surface area contributed by atoms with Crippen LogP contribution in [-0.2, 0) is 10.2 Å². The number of ether oxygens (including phenoxy) is 1. The van der Waals surface area contributed by atoms with Crippen LogP contribution < -0.4 is 4.90 Å². The van der Waals surface area contributed by atoms with Gasteiger partial charge in [0, 0.05) is 12.2 Å². The van der Waals surface area contributed by atoms with Gasteiger partial charge in [0.15, 0.2) is 0 Å². The summed E-state index contributed by atoms with van der Waals surface area (Å²) in [5.41, 5.74) is 3.00. The lowest BCUT2D eigenvalue weighted by Gasteiger charge is -2.29. The molecule has 0 aromatic heterocycles. The van der Waals surface area contributed by atoms with Gasteiger partial charge in [-0.15, -0.1) is 0 Å². The highest BCUT2D eigenvalue weighted by Crippen LogP contribution is 2.33. The van der Waals surface area contributed by atoms with Crippen molar-refractivity contribution in [1.29, 1.82) is 0 Å². The van der Waals surface area contributed by atoms with Crippen LogP contribution in [0.15, 0.2) is 24.3 Å². The molecule has 1 aromatic rings. The van der Waals surface area contributed by atoms with E-state index in [1.54, 1.807) is 0 Å². The predicted molar refractivity (Wildman–Crippen MR) is 70.6 cm³/mol. The lowest BCUT2D eigenvalue weighted by Crippen LogP contribution is -2.36. The SMILES string of the molecule is CC(C)(C)c1ccc(N2CC3CC2CO3)cc1. The van der Waals surface area contributed by atoms with Gasteiger partial charge in [0.2, 0.25) is 0 Å². The standard InChI is InChI=1S/C15H21NO/c1-15(2,3)11-4-6-12(7-5-11)16-9-14-8-13(16)10-17-14/h4-7,13-14H,8-10H2,1-3H3. The van der Waals surface area contributed by atoms with E-state index in [1.807, 2.05) is 0 Å². The molecule has 2 saturated heterocycles. The van der Waals surface area contributed by atoms with Crippen LogP contribution in [0.5, 0.6) is 0 Å². The van der Waals surface area contributed by atoms with E-state index in [0.717, 1.165) is 13.2 Å². The van der Waals surface area contributed by atoms with Crippen molar-refractivity contribution in [1.82, 2.24) is 0 Å². The highest BCUT2D eigenvalue weighted by atomic mass is 16.5. The van der Waals surface area contributed by atoms with Gasteiger partial charge < -0.3 is 9.64 Å². The molecular weight excluding hydrogens is 210 g/mol. The van der Waals surface area contributed by atoms with Gasteiger partial charge in [0.05, 0.1) is 18.8 Å². The molecule has 2 aliphatic rings. The Morgan fingerprint density at radius 1 is 1.18 bits per heavy atom. The maximum absolute atomic E-state index is 5.64. The van der Waals surface area contributed by atoms with E-state index in [4.69, 9.17) is 4.74 Å². The molecule has 2 bridgehead atoms. The van der Waals surface area contributed by atoms with Crippen LogP contribution in [0.1, 0.15) is 32.8 Å². The number of rotatable bonds is 1. The molecule has 2 fully saturated rings. The van der Waals surface area contributed by atoms with Crippen molar-refractivity contribution in [3.8, 4) is 0 Å². The lowest BCUT2D eigenvalue weighted by atomic mass is 9.87. The lowest BCUT2D eigenvalue weighted by molar-refractivity contribution is 0.0991. The Balaban J connectivity index is 1.81. The van der Waals surface area contributed by atoms with E-state index >= 15 is 0 Å². The number of benzene rings is 1. The summed E-state index contributed by atoms with van der Waals surface area (Å²) in [7, 11) is 0. The highest BCUT2D eigenvalue weighted by Gasteiger charge is 2.38. The summed E-state index contributed by atoms with van der Waals surface area (Å²) in [6, 6.07) is 9.67. The molecule has 3 rings (SSSR count). The normalized spacial score (nSPS) is 27.8. The average molecular weight is 231 g/mol. The summed E-state index contributed by atoms with van der Waals surface area (Å²) in [5, 5.41) is 0. The molecule has 2 unspecified atom stereocenters. The summed E-state index contributed by atoms with van der Waals surface area (Å²) in [5.74, 6) is 0. The van der Waals surface area contributed by atoms with Crippen molar-refractivity contribution in [2.24, 2.45) is 0 Å². The molecule has 2 nitrogen and oxygen atoms in total. The number of fused-ring (bicyclic) bond motifs is 2. The summed E-state index contributed by atoms with van der Waals surface area (Å²) in [6.07, 6.45) is 1.68. The Morgan fingerprint density at radius 2 is 1.88 bits per heavy atom. The first-order chi connectivity index (χ1) is 8.04. The molecule has 0 saturated carbocycles. The summed E-state index contributed by atoms with van der Waals surface area (Å²) in [4.78, 5) is 2.50. The van der Waals surface area contributed by atoms with Crippen molar-refractivity contribution in [3.63, 3.8) is 0 Å². The second-order valence-corrected chi connectivity index (χ2v) is 6.29. The van der Waals surface area contributed by atoms with Crippen LogP contribution >= 0.6 is 0 Å². The van der Waals surface area contributed by atoms with Crippen LogP contribution in [0.3, 0.4) is 0 Å². The summed E-state index contributed by atoms with van der Waals surface area (Å²) < 4.78 is 5.64. The number of anilines is 1. The first kappa shape index (κ1) is 11.1. The topological polar surface area (TPSA) is 12.5 Å². The minimum Gasteiger partial charge on any atom is -0.374 e. The van der Waals surface area contributed by atoms with Crippen LogP contribution in [-0.4, -0.2) is 25.3 Å². The predicted octanol–water partition coefficient (Wildman–Crippen LogP) is 2.96. The van der Waals surface area contributed by atoms with Crippen molar-refractivity contribution in [2.75, 3.05) is 18.1 Å². The Labute approximate surface area is 104 Å². The second kappa shape index (κ2) is 3.74. The Kier molecular flexibility index (Phi) is 2.44. The van der Waals surface area contributed by atoms with Gasteiger partial charge in [-0.1, -0.05) is 32.9 Å². The Hall–Kier alpha value is -1.02. The molecule has 17 heavy (non-hydrogen) atoms. The van der Waals surface area contributed by atoms with E-state index in [-0.39, 0.29) is 5.41 Å². The molecule has 2 aliphatic heterocycles. The van der Waals surface area contributed by atoms with Gasteiger partial charge in [0.1, 0.15) is 0 Å². The van der Waals surface area contributed by atoms with Crippen molar-refractivity contribution in [3.05, 3.63) is 29.8 Å². The molecule has 0 radical (unpaired) electrons. The summed E-state index contributed by atoms with van der Waals surface area (Å²) in [6.45, 7) is 8.75. The summed E-state index contributed by atoms with van der Waals surface area (Å²) >= 11 is 0. The van der Waals surface area contributed by atoms with Gasteiger partial charge in [-0.05, 0) is 29.5 Å². The zero-order chi connectivity index (χ0) is 12.0. The molecule has 0 aliphatic carbocycles. The highest BCUT2D eigenvalue weighted by molar-refractivity contribution is 5.51. The molecule has 2 heterocycles. The third-order valence-corrected chi connectivity index (χ3v) is 3.97. The van der Waals surface area contributed by atoms with Crippen molar-refractivity contribution < 1.29 is 4.74 Å². The Bertz CT molecular complexity index is 404. The molecular formula is C15H21NO. The van der Waals surface area contributed by atoms with E-state index < -0.39 is 0 Å². The molecule has 0 spiro atoms. The fourth-order valence-corrected chi connectivity index (χ4v) is 2.87. The number of hydrogen-bond acceptors (Lipinski definition) is 2. The molecule has 2 atom stereocenters. The third-order valence-electron chi connectivity index (χ3n) is 3.97. The molecule has 1 aromatic carbocycles. The van der Waals surface area contributed by atoms with Crippen LogP contribution in [0, 0.1) is 0 Å². The van der Waals surface area contributed by atoms with Gasteiger partial charge in [-0.3, -0.25) is 0 Å². The zero-order valence-electron chi connectivity index (χ0n) is 10.9. The maximum atomic E-state index is 5.64. The molecule has 92 valence electrons. The van der Waals surface area contributed by atoms with Crippen LogP contribution in [0.4, 0.5) is 5.69 Å². The largest absolute Gasteiger partial charge is 0.374 e. The van der Waals surface area contributed by atoms with Gasteiger partial charge in [-0.25, -0.2) is 0 Å². The molecule has 2 heteroatoms. The minimum atomic E-state index is 0.242. The van der Waals surface area contributed by atoms with E-state index in [0.29, 0.717) is 12.1 Å². The first-order valence-electron chi connectivity index (χ1n) is 6.53. The number of morpholine rings is 1. The average Bonchev–Trinajstić information content (AvgIpc) is 2.89. The minimum absolute atomic E-state index is 0.242. The first-order valence-corrected chi connectivity index (χ1v) is 6.53. The van der Waals surface area contributed by atoms with E-state index in [1.165, 1.54) is 17.7 Å². The van der Waals surface area contributed by atoms with Crippen LogP contribution in [0.2, 0.25) is 0 Å². The van der Waals surface area contributed by atoms with E-state index in [2.05, 4.69) is 49.9 Å². The third kappa shape index (κ3) is 1.95. The van der Waals surface area contributed by atoms with Gasteiger partial charge >= 0.3 is 0 Å². The fraction of sp³-hybridized carbons (Fsp3) is 0.600. The molecule has 0 amide bonds. The number of hydrogen-bond donors (Lipinski definition) is 0. The van der Waals surface area contributed by atoms with Gasteiger partial charge in [0.25, 0.3) is 0 Å². The fourth-order valence-electron chi connectivity index (χ4n) is 2.87. The van der Waals surface area contributed by atoms with E-state index in [9.17, 15) is 0 Å². The monoisotopic (exact) mass is 231 g/mol. The molecule has 0 N–H and O–H groups in total. The zero-order valence-corrected chi connectivity index (χ0v) is 10.9. The quantitative estimate of drug-likeness (QED) is 0.737. The second-order valence-electron chi connectivity index (χ2n) is 6.29. The smallest absolute Gasteiger partial charge is 0.0771 e. The number of nitrogens with zero attached hydrogens (tertiary/aromatic N) is 1. The van der Waals surface area contributed by atoms with Crippen molar-refractivity contribution in [2.45, 2.75) is 44.8 Å².